The van der Waals surface area contributed by atoms with Crippen molar-refractivity contribution in [2.75, 3.05) is 13.1 Å². The van der Waals surface area contributed by atoms with Gasteiger partial charge in [0.05, 0.1) is 6.20 Å². The van der Waals surface area contributed by atoms with Crippen LogP contribution in [0.4, 0.5) is 0 Å². The van der Waals surface area contributed by atoms with Crippen molar-refractivity contribution in [3.63, 3.8) is 0 Å². The second-order valence-electron chi connectivity index (χ2n) is 4.97. The van der Waals surface area contributed by atoms with Crippen LogP contribution in [0, 0.1) is 0 Å². The van der Waals surface area contributed by atoms with Crippen LogP contribution in [0.5, 0.6) is 0 Å². The molecule has 0 bridgehead atoms. The number of sulfonamides is 1. The zero-order valence-electron chi connectivity index (χ0n) is 11.1. The van der Waals surface area contributed by atoms with E-state index in [1.807, 2.05) is 0 Å². The molecule has 1 saturated carbocycles. The predicted molar refractivity (Wildman–Crippen MR) is 73.0 cm³/mol. The van der Waals surface area contributed by atoms with Crippen LogP contribution in [0.15, 0.2) is 17.3 Å². The summed E-state index contributed by atoms with van der Waals surface area (Å²) in [5, 5.41) is 6.48. The third-order valence-corrected chi connectivity index (χ3v) is 5.51. The topological polar surface area (TPSA) is 92.1 Å². The Kier molecular flexibility index (Phi) is 4.95. The Labute approximate surface area is 114 Å². The van der Waals surface area contributed by atoms with E-state index in [4.69, 9.17) is 5.73 Å². The summed E-state index contributed by atoms with van der Waals surface area (Å²) in [4.78, 5) is 0. The lowest BCUT2D eigenvalue weighted by atomic mass is 9.95. The number of nitrogens with one attached hydrogen (secondary N) is 1. The molecule has 0 atom stereocenters. The Bertz CT molecular complexity index is 466. The summed E-state index contributed by atoms with van der Waals surface area (Å²) in [6, 6.07) is 1.61. The van der Waals surface area contributed by atoms with E-state index in [1.165, 1.54) is 18.7 Å². The van der Waals surface area contributed by atoms with Crippen molar-refractivity contribution in [1.82, 2.24) is 14.5 Å². The maximum atomic E-state index is 12.6. The van der Waals surface area contributed by atoms with E-state index in [0.717, 1.165) is 25.7 Å². The maximum Gasteiger partial charge on any atom is 0.260 e. The van der Waals surface area contributed by atoms with Crippen LogP contribution < -0.4 is 5.73 Å². The highest BCUT2D eigenvalue weighted by Crippen LogP contribution is 2.27. The van der Waals surface area contributed by atoms with Crippen molar-refractivity contribution in [1.29, 1.82) is 0 Å². The second kappa shape index (κ2) is 6.49. The predicted octanol–water partition coefficient (Wildman–Crippen LogP) is 1.08. The Morgan fingerprint density at radius 3 is 2.68 bits per heavy atom. The Hall–Kier alpha value is -0.920. The summed E-state index contributed by atoms with van der Waals surface area (Å²) in [5.74, 6) is 0. The van der Waals surface area contributed by atoms with E-state index < -0.39 is 10.0 Å². The zero-order valence-corrected chi connectivity index (χ0v) is 11.9. The standard InChI is InChI=1S/C12H22N4O2S/c13-8-4-10-16(11-5-2-1-3-6-11)19(17,18)12-7-9-14-15-12/h7,9,11H,1-6,8,10,13H2,(H,14,15). The minimum Gasteiger partial charge on any atom is -0.330 e. The molecule has 1 aliphatic carbocycles. The van der Waals surface area contributed by atoms with Crippen LogP contribution in [-0.2, 0) is 10.0 Å². The molecule has 108 valence electrons. The van der Waals surface area contributed by atoms with Crippen LogP contribution in [0.25, 0.3) is 0 Å². The van der Waals surface area contributed by atoms with Gasteiger partial charge in [0.1, 0.15) is 0 Å². The third-order valence-electron chi connectivity index (χ3n) is 3.63. The van der Waals surface area contributed by atoms with Gasteiger partial charge < -0.3 is 5.73 Å². The fraction of sp³-hybridized carbons (Fsp3) is 0.750. The number of nitrogens with zero attached hydrogens (tertiary/aromatic N) is 2. The lowest BCUT2D eigenvalue weighted by molar-refractivity contribution is 0.251. The molecule has 0 saturated heterocycles. The second-order valence-corrected chi connectivity index (χ2v) is 6.83. The van der Waals surface area contributed by atoms with Crippen LogP contribution in [0.1, 0.15) is 38.5 Å². The molecule has 2 rings (SSSR count). The smallest absolute Gasteiger partial charge is 0.260 e. The molecule has 7 heteroatoms. The first kappa shape index (κ1) is 14.5. The van der Waals surface area contributed by atoms with Gasteiger partial charge in [-0.3, -0.25) is 5.10 Å². The van der Waals surface area contributed by atoms with E-state index in [9.17, 15) is 8.42 Å². The highest BCUT2D eigenvalue weighted by molar-refractivity contribution is 7.89. The molecule has 0 aromatic carbocycles. The van der Waals surface area contributed by atoms with Crippen LogP contribution >= 0.6 is 0 Å². The molecular formula is C12H22N4O2S. The highest BCUT2D eigenvalue weighted by Gasteiger charge is 2.32. The third kappa shape index (κ3) is 3.34. The fourth-order valence-electron chi connectivity index (χ4n) is 2.63. The lowest BCUT2D eigenvalue weighted by Crippen LogP contribution is -2.42. The van der Waals surface area contributed by atoms with Gasteiger partial charge in [0.2, 0.25) is 0 Å². The van der Waals surface area contributed by atoms with E-state index in [0.29, 0.717) is 19.5 Å². The van der Waals surface area contributed by atoms with Crippen LogP contribution in [0.3, 0.4) is 0 Å². The number of H-pyrrole nitrogens is 1. The van der Waals surface area contributed by atoms with Gasteiger partial charge in [-0.1, -0.05) is 19.3 Å². The average molecular weight is 286 g/mol. The fourth-order valence-corrected chi connectivity index (χ4v) is 4.25. The Morgan fingerprint density at radius 1 is 1.37 bits per heavy atom. The van der Waals surface area contributed by atoms with Crippen LogP contribution in [0.2, 0.25) is 0 Å². The Morgan fingerprint density at radius 2 is 2.11 bits per heavy atom. The normalized spacial score (nSPS) is 18.0. The van der Waals surface area contributed by atoms with Gasteiger partial charge in [-0.15, -0.1) is 0 Å². The molecule has 1 aromatic heterocycles. The van der Waals surface area contributed by atoms with Gasteiger partial charge in [-0.25, -0.2) is 8.42 Å². The molecule has 19 heavy (non-hydrogen) atoms. The number of hydrogen-bond donors (Lipinski definition) is 2. The van der Waals surface area contributed by atoms with Crippen molar-refractivity contribution in [3.8, 4) is 0 Å². The van der Waals surface area contributed by atoms with Crippen molar-refractivity contribution in [3.05, 3.63) is 12.3 Å². The molecule has 0 unspecified atom stereocenters. The molecular weight excluding hydrogens is 264 g/mol. The SMILES string of the molecule is NCCCN(C1CCCCC1)S(=O)(=O)c1ccn[nH]1. The van der Waals surface area contributed by atoms with Crippen LogP contribution in [-0.4, -0.2) is 42.1 Å². The van der Waals surface area contributed by atoms with Crippen molar-refractivity contribution in [2.45, 2.75) is 49.6 Å². The summed E-state index contributed by atoms with van der Waals surface area (Å²) >= 11 is 0. The number of rotatable bonds is 6. The van der Waals surface area contributed by atoms with Gasteiger partial charge in [-0.05, 0) is 31.9 Å². The molecule has 6 nitrogen and oxygen atoms in total. The first-order valence-electron chi connectivity index (χ1n) is 6.87. The summed E-state index contributed by atoms with van der Waals surface area (Å²) < 4.78 is 26.8. The van der Waals surface area contributed by atoms with Gasteiger partial charge >= 0.3 is 0 Å². The van der Waals surface area contributed by atoms with Crippen molar-refractivity contribution >= 4 is 10.0 Å². The number of nitrogens with two attached hydrogens (primary N) is 1. The number of hydrogen-bond acceptors (Lipinski definition) is 4. The lowest BCUT2D eigenvalue weighted by Gasteiger charge is -2.32. The van der Waals surface area contributed by atoms with E-state index in [-0.39, 0.29) is 11.1 Å². The van der Waals surface area contributed by atoms with E-state index in [2.05, 4.69) is 10.2 Å². The molecule has 1 fully saturated rings. The maximum absolute atomic E-state index is 12.6. The average Bonchev–Trinajstić information content (AvgIpc) is 2.95. The van der Waals surface area contributed by atoms with E-state index in [1.54, 1.807) is 4.31 Å². The minimum atomic E-state index is -3.47. The summed E-state index contributed by atoms with van der Waals surface area (Å²) in [6.45, 7) is 0.990. The van der Waals surface area contributed by atoms with Gasteiger partial charge in [0.25, 0.3) is 10.0 Å². The van der Waals surface area contributed by atoms with Crippen molar-refractivity contribution < 1.29 is 8.42 Å². The molecule has 1 aromatic rings. The first-order chi connectivity index (χ1) is 9.16. The molecule has 0 radical (unpaired) electrons. The quantitative estimate of drug-likeness (QED) is 0.818. The molecule has 0 aliphatic heterocycles. The molecule has 1 heterocycles. The molecule has 3 N–H and O–H groups in total. The highest BCUT2D eigenvalue weighted by atomic mass is 32.2. The monoisotopic (exact) mass is 286 g/mol. The molecule has 0 spiro atoms. The van der Waals surface area contributed by atoms with Crippen molar-refractivity contribution in [2.24, 2.45) is 5.73 Å². The van der Waals surface area contributed by atoms with E-state index >= 15 is 0 Å². The minimum absolute atomic E-state index is 0.105. The Balaban J connectivity index is 2.21. The molecule has 1 aliphatic rings. The summed E-state index contributed by atoms with van der Waals surface area (Å²) in [7, 11) is -3.47. The number of aromatic amines is 1. The van der Waals surface area contributed by atoms with Gasteiger partial charge in [-0.2, -0.15) is 9.40 Å². The summed E-state index contributed by atoms with van der Waals surface area (Å²) in [5.41, 5.74) is 5.53. The van der Waals surface area contributed by atoms with Gasteiger partial charge in [0.15, 0.2) is 5.03 Å². The summed E-state index contributed by atoms with van der Waals surface area (Å²) in [6.07, 6.45) is 7.44. The molecule has 0 amide bonds. The number of aromatic nitrogens is 2. The zero-order chi connectivity index (χ0) is 13.7. The largest absolute Gasteiger partial charge is 0.330 e. The first-order valence-corrected chi connectivity index (χ1v) is 8.31. The van der Waals surface area contributed by atoms with Gasteiger partial charge in [0, 0.05) is 12.6 Å².